The van der Waals surface area contributed by atoms with Gasteiger partial charge in [-0.05, 0) is 36.6 Å². The molecule has 1 aromatic carbocycles. The fourth-order valence-corrected chi connectivity index (χ4v) is 3.67. The first-order chi connectivity index (χ1) is 12.5. The molecule has 5 nitrogen and oxygen atoms in total. The molecule has 2 heterocycles. The lowest BCUT2D eigenvalue weighted by Crippen LogP contribution is -2.53. The van der Waals surface area contributed by atoms with Crippen LogP contribution in [0.3, 0.4) is 0 Å². The van der Waals surface area contributed by atoms with Crippen LogP contribution < -0.4 is 0 Å². The molecule has 6 heteroatoms. The van der Waals surface area contributed by atoms with E-state index in [4.69, 9.17) is 0 Å². The highest BCUT2D eigenvalue weighted by Gasteiger charge is 2.27. The van der Waals surface area contributed by atoms with Gasteiger partial charge >= 0.3 is 0 Å². The van der Waals surface area contributed by atoms with E-state index in [0.717, 1.165) is 50.4 Å². The molecule has 0 bridgehead atoms. The molecule has 3 rings (SSSR count). The van der Waals surface area contributed by atoms with Crippen LogP contribution in [0.2, 0.25) is 0 Å². The molecule has 2 aromatic rings. The Morgan fingerprint density at radius 2 is 2.00 bits per heavy atom. The number of aromatic nitrogens is 2. The van der Waals surface area contributed by atoms with Crippen molar-refractivity contribution in [2.24, 2.45) is 5.92 Å². The second-order valence-corrected chi connectivity index (χ2v) is 7.56. The van der Waals surface area contributed by atoms with Crippen LogP contribution in [0.25, 0.3) is 5.69 Å². The first-order valence-corrected chi connectivity index (χ1v) is 9.42. The van der Waals surface area contributed by atoms with Gasteiger partial charge in [-0.25, -0.2) is 9.07 Å². The Labute approximate surface area is 155 Å². The van der Waals surface area contributed by atoms with Gasteiger partial charge in [0.2, 0.25) is 0 Å². The summed E-state index contributed by atoms with van der Waals surface area (Å²) < 4.78 is 14.9. The lowest BCUT2D eigenvalue weighted by atomic mass is 10.1. The Hall–Kier alpha value is -1.76. The van der Waals surface area contributed by atoms with Crippen molar-refractivity contribution < 1.29 is 9.50 Å². The Bertz CT molecular complexity index is 685. The number of hydrogen-bond acceptors (Lipinski definition) is 4. The molecule has 1 atom stereocenters. The number of halogens is 1. The van der Waals surface area contributed by atoms with Crippen LogP contribution in [-0.4, -0.2) is 63.5 Å². The third kappa shape index (κ3) is 4.90. The number of aliphatic hydroxyl groups is 1. The maximum atomic E-state index is 13.1. The monoisotopic (exact) mass is 360 g/mol. The molecule has 0 amide bonds. The van der Waals surface area contributed by atoms with Crippen molar-refractivity contribution in [1.82, 2.24) is 19.6 Å². The summed E-state index contributed by atoms with van der Waals surface area (Å²) in [5.74, 6) is 0.395. The van der Waals surface area contributed by atoms with Gasteiger partial charge in [0.05, 0.1) is 11.9 Å². The molecule has 0 saturated carbocycles. The third-order valence-electron chi connectivity index (χ3n) is 4.88. The number of rotatable bonds is 7. The van der Waals surface area contributed by atoms with E-state index in [2.05, 4.69) is 28.7 Å². The van der Waals surface area contributed by atoms with Crippen molar-refractivity contribution in [3.05, 3.63) is 48.0 Å². The molecule has 1 N–H and O–H groups in total. The van der Waals surface area contributed by atoms with Gasteiger partial charge in [-0.15, -0.1) is 0 Å². The van der Waals surface area contributed by atoms with Crippen LogP contribution in [0.4, 0.5) is 4.39 Å². The van der Waals surface area contributed by atoms with Gasteiger partial charge in [0.15, 0.2) is 0 Å². The lowest BCUT2D eigenvalue weighted by Gasteiger charge is -2.42. The van der Waals surface area contributed by atoms with E-state index < -0.39 is 0 Å². The van der Waals surface area contributed by atoms with Crippen LogP contribution >= 0.6 is 0 Å². The molecule has 1 aromatic heterocycles. The van der Waals surface area contributed by atoms with E-state index >= 15 is 0 Å². The first-order valence-electron chi connectivity index (χ1n) is 9.42. The topological polar surface area (TPSA) is 44.5 Å². The van der Waals surface area contributed by atoms with Crippen molar-refractivity contribution in [2.75, 3.05) is 32.8 Å². The van der Waals surface area contributed by atoms with Crippen LogP contribution in [0.5, 0.6) is 0 Å². The summed E-state index contributed by atoms with van der Waals surface area (Å²) in [5, 5.41) is 13.8. The van der Waals surface area contributed by atoms with Crippen molar-refractivity contribution in [2.45, 2.75) is 32.9 Å². The third-order valence-corrected chi connectivity index (χ3v) is 4.88. The van der Waals surface area contributed by atoms with Crippen LogP contribution in [0, 0.1) is 11.7 Å². The van der Waals surface area contributed by atoms with E-state index in [1.807, 2.05) is 12.4 Å². The van der Waals surface area contributed by atoms with Crippen molar-refractivity contribution in [3.8, 4) is 5.69 Å². The Balaban J connectivity index is 1.61. The van der Waals surface area contributed by atoms with Gasteiger partial charge in [-0.1, -0.05) is 13.8 Å². The van der Waals surface area contributed by atoms with Gasteiger partial charge in [-0.2, -0.15) is 5.10 Å². The lowest BCUT2D eigenvalue weighted by molar-refractivity contribution is 0.0477. The fourth-order valence-electron chi connectivity index (χ4n) is 3.67. The Morgan fingerprint density at radius 1 is 1.23 bits per heavy atom. The predicted octanol–water partition coefficient (Wildman–Crippen LogP) is 2.54. The fraction of sp³-hybridized carbons (Fsp3) is 0.550. The largest absolute Gasteiger partial charge is 0.396 e. The molecule has 0 spiro atoms. The molecule has 0 radical (unpaired) electrons. The molecular formula is C20H29FN4O. The summed E-state index contributed by atoms with van der Waals surface area (Å²) in [5.41, 5.74) is 2.01. The minimum absolute atomic E-state index is 0.232. The summed E-state index contributed by atoms with van der Waals surface area (Å²) in [6, 6.07) is 6.76. The Kier molecular flexibility index (Phi) is 6.40. The highest BCUT2D eigenvalue weighted by atomic mass is 19.1. The highest BCUT2D eigenvalue weighted by Crippen LogP contribution is 2.18. The SMILES string of the molecule is CC(C)CN1CCN(Cc2cnn(-c3ccc(F)cc3)c2)C[C@H]1CCO. The van der Waals surface area contributed by atoms with Crippen molar-refractivity contribution >= 4 is 0 Å². The summed E-state index contributed by atoms with van der Waals surface area (Å²) in [6.07, 6.45) is 4.71. The maximum Gasteiger partial charge on any atom is 0.123 e. The molecule has 142 valence electrons. The van der Waals surface area contributed by atoms with Gasteiger partial charge in [-0.3, -0.25) is 9.80 Å². The van der Waals surface area contributed by atoms with E-state index in [-0.39, 0.29) is 12.4 Å². The van der Waals surface area contributed by atoms with Crippen LogP contribution in [0.1, 0.15) is 25.8 Å². The zero-order chi connectivity index (χ0) is 18.5. The van der Waals surface area contributed by atoms with Crippen molar-refractivity contribution in [3.63, 3.8) is 0 Å². The van der Waals surface area contributed by atoms with E-state index in [9.17, 15) is 9.50 Å². The van der Waals surface area contributed by atoms with Gasteiger partial charge < -0.3 is 5.11 Å². The second kappa shape index (κ2) is 8.75. The number of piperazine rings is 1. The minimum Gasteiger partial charge on any atom is -0.396 e. The van der Waals surface area contributed by atoms with Gasteiger partial charge in [0.1, 0.15) is 5.82 Å². The van der Waals surface area contributed by atoms with Gasteiger partial charge in [0, 0.05) is 57.1 Å². The minimum atomic E-state index is -0.240. The van der Waals surface area contributed by atoms with Crippen molar-refractivity contribution in [1.29, 1.82) is 0 Å². The average molecular weight is 360 g/mol. The summed E-state index contributed by atoms with van der Waals surface area (Å²) >= 11 is 0. The smallest absolute Gasteiger partial charge is 0.123 e. The summed E-state index contributed by atoms with van der Waals surface area (Å²) in [7, 11) is 0. The predicted molar refractivity (Wildman–Crippen MR) is 101 cm³/mol. The number of benzene rings is 1. The number of hydrogen-bond donors (Lipinski definition) is 1. The average Bonchev–Trinajstić information content (AvgIpc) is 3.06. The molecule has 1 saturated heterocycles. The first kappa shape index (κ1) is 19.0. The number of nitrogens with zero attached hydrogens (tertiary/aromatic N) is 4. The van der Waals surface area contributed by atoms with E-state index in [1.54, 1.807) is 16.8 Å². The second-order valence-electron chi connectivity index (χ2n) is 7.56. The molecule has 0 aliphatic carbocycles. The van der Waals surface area contributed by atoms with E-state index in [1.165, 1.54) is 12.1 Å². The zero-order valence-corrected chi connectivity index (χ0v) is 15.7. The quantitative estimate of drug-likeness (QED) is 0.824. The molecule has 1 aliphatic rings. The molecule has 0 unspecified atom stereocenters. The number of aliphatic hydroxyl groups excluding tert-OH is 1. The molecule has 26 heavy (non-hydrogen) atoms. The molecule has 1 fully saturated rings. The standard InChI is InChI=1S/C20H29FN4O/c1-16(2)12-24-9-8-23(15-20(24)7-10-26)13-17-11-22-25(14-17)19-5-3-18(21)4-6-19/h3-6,11,14,16,20,26H,7-10,12-13,15H2,1-2H3/t20-/m1/s1. The Morgan fingerprint density at radius 3 is 2.69 bits per heavy atom. The maximum absolute atomic E-state index is 13.1. The summed E-state index contributed by atoms with van der Waals surface area (Å²) in [4.78, 5) is 4.95. The van der Waals surface area contributed by atoms with Gasteiger partial charge in [0.25, 0.3) is 0 Å². The highest BCUT2D eigenvalue weighted by molar-refractivity contribution is 5.31. The molecule has 1 aliphatic heterocycles. The van der Waals surface area contributed by atoms with E-state index in [0.29, 0.717) is 12.0 Å². The van der Waals surface area contributed by atoms with Crippen LogP contribution in [0.15, 0.2) is 36.7 Å². The van der Waals surface area contributed by atoms with Crippen LogP contribution in [-0.2, 0) is 6.54 Å². The summed E-state index contributed by atoms with van der Waals surface area (Å²) in [6.45, 7) is 9.67. The zero-order valence-electron chi connectivity index (χ0n) is 15.7. The normalized spacial score (nSPS) is 19.3. The molecular weight excluding hydrogens is 331 g/mol.